The molecule has 2 N–H and O–H groups in total. The minimum Gasteiger partial charge on any atom is -0.504 e. The minimum atomic E-state index is -0.459. The molecule has 16 heavy (non-hydrogen) atoms. The summed E-state index contributed by atoms with van der Waals surface area (Å²) in [7, 11) is 0. The molecule has 0 saturated heterocycles. The highest BCUT2D eigenvalue weighted by Crippen LogP contribution is 2.28. The van der Waals surface area contributed by atoms with Gasteiger partial charge in [-0.3, -0.25) is 0 Å². The first-order chi connectivity index (χ1) is 7.52. The van der Waals surface area contributed by atoms with E-state index in [1.807, 2.05) is 0 Å². The second-order valence-electron chi connectivity index (χ2n) is 3.45. The van der Waals surface area contributed by atoms with E-state index in [2.05, 4.69) is 6.58 Å². The molecule has 0 aliphatic heterocycles. The lowest BCUT2D eigenvalue weighted by Gasteiger charge is -2.07. The van der Waals surface area contributed by atoms with Crippen LogP contribution in [0.15, 0.2) is 30.4 Å². The fraction of sp³-hybridized carbons (Fsp3) is 0.250. The summed E-state index contributed by atoms with van der Waals surface area (Å²) in [6, 6.07) is 4.66. The normalized spacial score (nSPS) is 9.81. The van der Waals surface area contributed by atoms with Gasteiger partial charge >= 0.3 is 5.97 Å². The zero-order chi connectivity index (χ0) is 12.1. The van der Waals surface area contributed by atoms with E-state index in [9.17, 15) is 15.0 Å². The van der Waals surface area contributed by atoms with E-state index >= 15 is 0 Å². The lowest BCUT2D eigenvalue weighted by Crippen LogP contribution is -2.08. The van der Waals surface area contributed by atoms with Crippen LogP contribution in [0, 0.1) is 0 Å². The average Bonchev–Trinajstić information content (AvgIpc) is 2.24. The summed E-state index contributed by atoms with van der Waals surface area (Å²) in [6.07, 6.45) is 0.346. The third-order valence-corrected chi connectivity index (χ3v) is 2.05. The summed E-state index contributed by atoms with van der Waals surface area (Å²) < 4.78 is 4.87. The molecular weight excluding hydrogens is 208 g/mol. The van der Waals surface area contributed by atoms with Crippen LogP contribution in [0.3, 0.4) is 0 Å². The van der Waals surface area contributed by atoms with Gasteiger partial charge in [0.05, 0.1) is 6.61 Å². The molecule has 4 heteroatoms. The third-order valence-electron chi connectivity index (χ3n) is 2.05. The predicted octanol–water partition coefficient (Wildman–Crippen LogP) is 1.76. The Hall–Kier alpha value is -1.97. The fourth-order valence-electron chi connectivity index (χ4n) is 1.16. The van der Waals surface area contributed by atoms with Gasteiger partial charge in [0.1, 0.15) is 0 Å². The molecule has 0 radical (unpaired) electrons. The molecule has 0 amide bonds. The first-order valence-corrected chi connectivity index (χ1v) is 4.85. The molecule has 0 bridgehead atoms. The standard InChI is InChI=1S/C12H14O4/c1-8(2)12(15)16-7-6-9-4-3-5-10(13)11(9)14/h3-5,13-14H,1,6-7H2,2H3. The maximum Gasteiger partial charge on any atom is 0.333 e. The van der Waals surface area contributed by atoms with E-state index in [-0.39, 0.29) is 18.1 Å². The fourth-order valence-corrected chi connectivity index (χ4v) is 1.16. The van der Waals surface area contributed by atoms with E-state index in [1.54, 1.807) is 19.1 Å². The van der Waals surface area contributed by atoms with Gasteiger partial charge in [-0.1, -0.05) is 18.7 Å². The lowest BCUT2D eigenvalue weighted by molar-refractivity contribution is -0.138. The largest absolute Gasteiger partial charge is 0.504 e. The van der Waals surface area contributed by atoms with E-state index in [1.165, 1.54) is 6.07 Å². The zero-order valence-electron chi connectivity index (χ0n) is 9.06. The number of ether oxygens (including phenoxy) is 1. The number of hydrogen-bond donors (Lipinski definition) is 2. The quantitative estimate of drug-likeness (QED) is 0.463. The van der Waals surface area contributed by atoms with E-state index in [0.717, 1.165) is 0 Å². The molecule has 0 fully saturated rings. The maximum atomic E-state index is 11.1. The van der Waals surface area contributed by atoms with Crippen LogP contribution in [0.4, 0.5) is 0 Å². The molecule has 0 aliphatic carbocycles. The lowest BCUT2D eigenvalue weighted by atomic mass is 10.1. The molecule has 1 aromatic rings. The molecule has 0 atom stereocenters. The second-order valence-corrected chi connectivity index (χ2v) is 3.45. The Balaban J connectivity index is 2.52. The number of benzene rings is 1. The predicted molar refractivity (Wildman–Crippen MR) is 59.2 cm³/mol. The van der Waals surface area contributed by atoms with E-state index in [4.69, 9.17) is 4.74 Å². The number of phenolic OH excluding ortho intramolecular Hbond substituents is 2. The van der Waals surface area contributed by atoms with Crippen molar-refractivity contribution < 1.29 is 19.7 Å². The molecule has 0 aliphatic rings. The van der Waals surface area contributed by atoms with Crippen LogP contribution in [0.2, 0.25) is 0 Å². The molecule has 4 nitrogen and oxygen atoms in total. The van der Waals surface area contributed by atoms with Crippen LogP contribution in [0.1, 0.15) is 12.5 Å². The summed E-state index contributed by atoms with van der Waals surface area (Å²) in [5.41, 5.74) is 0.870. The van der Waals surface area contributed by atoms with Crippen molar-refractivity contribution in [2.75, 3.05) is 6.61 Å². The molecule has 1 aromatic carbocycles. The number of carbonyl (C=O) groups is 1. The number of phenols is 2. The van der Waals surface area contributed by atoms with Gasteiger partial charge in [-0.25, -0.2) is 4.79 Å². The topological polar surface area (TPSA) is 66.8 Å². The van der Waals surface area contributed by atoms with Crippen LogP contribution < -0.4 is 0 Å². The summed E-state index contributed by atoms with van der Waals surface area (Å²) >= 11 is 0. The van der Waals surface area contributed by atoms with E-state index in [0.29, 0.717) is 17.6 Å². The van der Waals surface area contributed by atoms with Gasteiger partial charge in [-0.15, -0.1) is 0 Å². The summed E-state index contributed by atoms with van der Waals surface area (Å²) in [5, 5.41) is 18.7. The third kappa shape index (κ3) is 3.02. The number of rotatable bonds is 4. The van der Waals surface area contributed by atoms with Gasteiger partial charge in [-0.2, -0.15) is 0 Å². The summed E-state index contributed by atoms with van der Waals surface area (Å²) in [6.45, 7) is 5.15. The molecule has 1 rings (SSSR count). The van der Waals surface area contributed by atoms with Crippen LogP contribution in [0.25, 0.3) is 0 Å². The molecule has 0 heterocycles. The minimum absolute atomic E-state index is 0.142. The number of carbonyl (C=O) groups excluding carboxylic acids is 1. The van der Waals surface area contributed by atoms with Crippen LogP contribution in [-0.2, 0) is 16.0 Å². The van der Waals surface area contributed by atoms with Crippen molar-refractivity contribution >= 4 is 5.97 Å². The maximum absolute atomic E-state index is 11.1. The number of aromatic hydroxyl groups is 2. The molecular formula is C12H14O4. The molecule has 0 unspecified atom stereocenters. The van der Waals surface area contributed by atoms with Crippen molar-refractivity contribution in [3.63, 3.8) is 0 Å². The Morgan fingerprint density at radius 2 is 2.12 bits per heavy atom. The van der Waals surface area contributed by atoms with Crippen molar-refractivity contribution in [2.45, 2.75) is 13.3 Å². The summed E-state index contributed by atoms with van der Waals surface area (Å²) in [4.78, 5) is 11.1. The van der Waals surface area contributed by atoms with Gasteiger partial charge < -0.3 is 14.9 Å². The Morgan fingerprint density at radius 3 is 2.75 bits per heavy atom. The Bertz CT molecular complexity index is 409. The Labute approximate surface area is 93.8 Å². The monoisotopic (exact) mass is 222 g/mol. The highest BCUT2D eigenvalue weighted by Gasteiger charge is 2.07. The van der Waals surface area contributed by atoms with Crippen LogP contribution in [0.5, 0.6) is 11.5 Å². The summed E-state index contributed by atoms with van der Waals surface area (Å²) in [5.74, 6) is -0.808. The van der Waals surface area contributed by atoms with E-state index < -0.39 is 5.97 Å². The second kappa shape index (κ2) is 5.21. The number of hydrogen-bond acceptors (Lipinski definition) is 4. The van der Waals surface area contributed by atoms with Gasteiger partial charge in [0, 0.05) is 17.6 Å². The first-order valence-electron chi connectivity index (χ1n) is 4.85. The van der Waals surface area contributed by atoms with Crippen LogP contribution in [-0.4, -0.2) is 22.8 Å². The molecule has 86 valence electrons. The van der Waals surface area contributed by atoms with Crippen LogP contribution >= 0.6 is 0 Å². The van der Waals surface area contributed by atoms with Gasteiger partial charge in [0.2, 0.25) is 0 Å². The first kappa shape index (κ1) is 12.1. The zero-order valence-corrected chi connectivity index (χ0v) is 9.06. The van der Waals surface area contributed by atoms with Gasteiger partial charge in [0.15, 0.2) is 11.5 Å². The van der Waals surface area contributed by atoms with Crippen molar-refractivity contribution in [1.29, 1.82) is 0 Å². The molecule has 0 spiro atoms. The van der Waals surface area contributed by atoms with Gasteiger partial charge in [0.25, 0.3) is 0 Å². The number of esters is 1. The smallest absolute Gasteiger partial charge is 0.333 e. The SMILES string of the molecule is C=C(C)C(=O)OCCc1cccc(O)c1O. The Kier molecular flexibility index (Phi) is 3.94. The van der Waals surface area contributed by atoms with Crippen molar-refractivity contribution in [3.8, 4) is 11.5 Å². The highest BCUT2D eigenvalue weighted by atomic mass is 16.5. The molecule has 0 saturated carbocycles. The molecule has 0 aromatic heterocycles. The van der Waals surface area contributed by atoms with Crippen molar-refractivity contribution in [2.24, 2.45) is 0 Å². The average molecular weight is 222 g/mol. The highest BCUT2D eigenvalue weighted by molar-refractivity contribution is 5.86. The van der Waals surface area contributed by atoms with Crippen molar-refractivity contribution in [1.82, 2.24) is 0 Å². The Morgan fingerprint density at radius 1 is 1.44 bits per heavy atom. The van der Waals surface area contributed by atoms with Crippen molar-refractivity contribution in [3.05, 3.63) is 35.9 Å². The number of para-hydroxylation sites is 1. The van der Waals surface area contributed by atoms with Gasteiger partial charge in [-0.05, 0) is 13.0 Å².